The van der Waals surface area contributed by atoms with Gasteiger partial charge in [-0.1, -0.05) is 48.5 Å². The van der Waals surface area contributed by atoms with Crippen LogP contribution in [0.1, 0.15) is 5.56 Å². The van der Waals surface area contributed by atoms with Crippen molar-refractivity contribution in [2.45, 2.75) is 11.4 Å². The van der Waals surface area contributed by atoms with Crippen molar-refractivity contribution in [1.29, 1.82) is 0 Å². The van der Waals surface area contributed by atoms with Crippen LogP contribution >= 0.6 is 11.9 Å². The molecule has 0 aliphatic carbocycles. The maximum absolute atomic E-state index is 15.0. The lowest BCUT2D eigenvalue weighted by atomic mass is 10.1. The van der Waals surface area contributed by atoms with E-state index >= 15 is 0 Å². The molecule has 0 unspecified atom stereocenters. The normalized spacial score (nSPS) is 13.8. The highest BCUT2D eigenvalue weighted by molar-refractivity contribution is 8.00. The monoisotopic (exact) mass is 529 g/mol. The van der Waals surface area contributed by atoms with E-state index in [1.807, 2.05) is 54.6 Å². The first-order valence-electron chi connectivity index (χ1n) is 12.7. The number of ether oxygens (including phenoxy) is 2. The van der Waals surface area contributed by atoms with Crippen LogP contribution in [0.3, 0.4) is 0 Å². The Bertz CT molecular complexity index is 1340. The van der Waals surface area contributed by atoms with Crippen LogP contribution in [-0.4, -0.2) is 45.3 Å². The van der Waals surface area contributed by atoms with Crippen molar-refractivity contribution in [2.24, 2.45) is 0 Å². The maximum atomic E-state index is 15.0. The van der Waals surface area contributed by atoms with Crippen molar-refractivity contribution in [3.05, 3.63) is 102 Å². The highest BCUT2D eigenvalue weighted by atomic mass is 32.2. The fourth-order valence-electron chi connectivity index (χ4n) is 4.64. The summed E-state index contributed by atoms with van der Waals surface area (Å²) in [6.07, 6.45) is 0. The van der Waals surface area contributed by atoms with Gasteiger partial charge in [-0.25, -0.2) is 4.39 Å². The summed E-state index contributed by atoms with van der Waals surface area (Å²) < 4.78 is 28.9. The van der Waals surface area contributed by atoms with E-state index in [1.165, 1.54) is 23.1 Å². The van der Waals surface area contributed by atoms with Crippen LogP contribution in [0.5, 0.6) is 11.5 Å². The van der Waals surface area contributed by atoms with Gasteiger partial charge in [0.2, 0.25) is 0 Å². The van der Waals surface area contributed by atoms with E-state index in [0.717, 1.165) is 60.4 Å². The Morgan fingerprint density at radius 1 is 0.763 bits per heavy atom. The quantitative estimate of drug-likeness (QED) is 0.237. The van der Waals surface area contributed by atoms with E-state index in [9.17, 15) is 4.39 Å². The molecule has 4 aromatic carbocycles. The number of nitrogens with one attached hydrogen (secondary N) is 1. The van der Waals surface area contributed by atoms with E-state index in [1.54, 1.807) is 20.3 Å². The molecule has 1 aliphatic rings. The van der Waals surface area contributed by atoms with Crippen molar-refractivity contribution in [2.75, 3.05) is 50.0 Å². The third kappa shape index (κ3) is 6.23. The van der Waals surface area contributed by atoms with Crippen LogP contribution in [0, 0.1) is 5.82 Å². The Balaban J connectivity index is 1.13. The lowest BCUT2D eigenvalue weighted by molar-refractivity contribution is 0.249. The van der Waals surface area contributed by atoms with Crippen molar-refractivity contribution >= 4 is 23.3 Å². The summed E-state index contributed by atoms with van der Waals surface area (Å²) in [6.45, 7) is 4.36. The minimum atomic E-state index is -0.247. The van der Waals surface area contributed by atoms with E-state index < -0.39 is 0 Å². The van der Waals surface area contributed by atoms with Crippen LogP contribution in [0.4, 0.5) is 15.8 Å². The zero-order valence-electron chi connectivity index (χ0n) is 21.7. The van der Waals surface area contributed by atoms with Crippen LogP contribution < -0.4 is 19.1 Å². The van der Waals surface area contributed by atoms with Gasteiger partial charge in [0.25, 0.3) is 0 Å². The molecule has 4 aromatic rings. The van der Waals surface area contributed by atoms with E-state index in [-0.39, 0.29) is 5.82 Å². The van der Waals surface area contributed by atoms with Gasteiger partial charge in [-0.15, -0.1) is 0 Å². The topological polar surface area (TPSA) is 37.0 Å². The van der Waals surface area contributed by atoms with Crippen molar-refractivity contribution < 1.29 is 13.9 Å². The number of hydrogen-bond donors (Lipinski definition) is 1. The van der Waals surface area contributed by atoms with Gasteiger partial charge < -0.3 is 19.1 Å². The molecule has 38 heavy (non-hydrogen) atoms. The number of piperazine rings is 1. The Hall–Kier alpha value is -3.68. The van der Waals surface area contributed by atoms with Gasteiger partial charge in [0.05, 0.1) is 19.9 Å². The van der Waals surface area contributed by atoms with Crippen molar-refractivity contribution in [1.82, 2.24) is 4.90 Å². The van der Waals surface area contributed by atoms with Crippen LogP contribution in [-0.2, 0) is 6.54 Å². The zero-order valence-corrected chi connectivity index (χ0v) is 22.5. The summed E-state index contributed by atoms with van der Waals surface area (Å²) in [4.78, 5) is 5.68. The second-order valence-corrected chi connectivity index (χ2v) is 10.1. The van der Waals surface area contributed by atoms with Gasteiger partial charge in [0.15, 0.2) is 11.5 Å². The van der Waals surface area contributed by atoms with Crippen LogP contribution in [0.25, 0.3) is 11.1 Å². The second-order valence-electron chi connectivity index (χ2n) is 9.21. The summed E-state index contributed by atoms with van der Waals surface area (Å²) in [5.74, 6) is 1.24. The first-order chi connectivity index (χ1) is 18.6. The number of rotatable bonds is 9. The molecule has 5 nitrogen and oxygen atoms in total. The Labute approximate surface area is 228 Å². The number of hydrogen-bond acceptors (Lipinski definition) is 6. The van der Waals surface area contributed by atoms with Gasteiger partial charge in [-0.3, -0.25) is 4.90 Å². The molecule has 1 fully saturated rings. The smallest absolute Gasteiger partial charge is 0.161 e. The predicted octanol–water partition coefficient (Wildman–Crippen LogP) is 6.95. The zero-order chi connectivity index (χ0) is 26.3. The Kier molecular flexibility index (Phi) is 8.36. The van der Waals surface area contributed by atoms with Crippen molar-refractivity contribution in [3.8, 4) is 22.6 Å². The van der Waals surface area contributed by atoms with E-state index in [0.29, 0.717) is 5.69 Å². The summed E-state index contributed by atoms with van der Waals surface area (Å²) in [6, 6.07) is 30.0. The molecule has 0 amide bonds. The molecule has 196 valence electrons. The Morgan fingerprint density at radius 3 is 2.16 bits per heavy atom. The highest BCUT2D eigenvalue weighted by Gasteiger charge is 2.19. The van der Waals surface area contributed by atoms with Gasteiger partial charge in [-0.05, 0) is 71.1 Å². The second kappa shape index (κ2) is 12.2. The number of anilines is 2. The fraction of sp³-hybridized carbons (Fsp3) is 0.226. The fourth-order valence-corrected chi connectivity index (χ4v) is 5.31. The minimum Gasteiger partial charge on any atom is -0.493 e. The van der Waals surface area contributed by atoms with Gasteiger partial charge in [-0.2, -0.15) is 0 Å². The molecule has 1 aliphatic heterocycles. The lowest BCUT2D eigenvalue weighted by Gasteiger charge is -2.36. The molecule has 5 rings (SSSR count). The Morgan fingerprint density at radius 2 is 1.47 bits per heavy atom. The third-order valence-electron chi connectivity index (χ3n) is 6.78. The minimum absolute atomic E-state index is 0.247. The van der Waals surface area contributed by atoms with Gasteiger partial charge in [0.1, 0.15) is 5.82 Å². The number of halogens is 1. The first-order valence-corrected chi connectivity index (χ1v) is 13.5. The average Bonchev–Trinajstić information content (AvgIpc) is 2.97. The molecule has 0 bridgehead atoms. The third-order valence-corrected chi connectivity index (χ3v) is 7.61. The van der Waals surface area contributed by atoms with E-state index in [4.69, 9.17) is 9.47 Å². The standard InChI is InChI=1S/C31H32FN3O2S/c1-36-30-15-8-23(20-31(30)37-2)22-34-16-18-35(19-17-34)26-11-14-29(28(32)21-26)33-38-27-12-9-25(10-13-27)24-6-4-3-5-7-24/h3-15,20-21,33H,16-19,22H2,1-2H3. The molecule has 0 aromatic heterocycles. The van der Waals surface area contributed by atoms with Gasteiger partial charge >= 0.3 is 0 Å². The molecular formula is C31H32FN3O2S. The molecule has 1 heterocycles. The summed E-state index contributed by atoms with van der Waals surface area (Å²) in [7, 11) is 3.30. The highest BCUT2D eigenvalue weighted by Crippen LogP contribution is 2.30. The van der Waals surface area contributed by atoms with Crippen molar-refractivity contribution in [3.63, 3.8) is 0 Å². The molecule has 1 saturated heterocycles. The molecule has 0 saturated carbocycles. The number of benzene rings is 4. The summed E-state index contributed by atoms with van der Waals surface area (Å²) in [5.41, 5.74) is 4.92. The largest absolute Gasteiger partial charge is 0.493 e. The summed E-state index contributed by atoms with van der Waals surface area (Å²) in [5, 5.41) is 0. The van der Waals surface area contributed by atoms with Crippen LogP contribution in [0.15, 0.2) is 95.9 Å². The molecule has 0 radical (unpaired) electrons. The predicted molar refractivity (Wildman–Crippen MR) is 155 cm³/mol. The molecule has 7 heteroatoms. The van der Waals surface area contributed by atoms with Crippen LogP contribution in [0.2, 0.25) is 0 Å². The average molecular weight is 530 g/mol. The van der Waals surface area contributed by atoms with E-state index in [2.05, 4.69) is 44.9 Å². The lowest BCUT2D eigenvalue weighted by Crippen LogP contribution is -2.46. The first kappa shape index (κ1) is 25.9. The molecule has 0 spiro atoms. The number of methoxy groups -OCH3 is 2. The SMILES string of the molecule is COc1ccc(CN2CCN(c3ccc(NSc4ccc(-c5ccccc5)cc4)c(F)c3)CC2)cc1OC. The van der Waals surface area contributed by atoms with Gasteiger partial charge in [0, 0.05) is 43.3 Å². The molecular weight excluding hydrogens is 497 g/mol. The molecule has 0 atom stereocenters. The number of nitrogens with zero attached hydrogens (tertiary/aromatic N) is 2. The maximum Gasteiger partial charge on any atom is 0.161 e. The molecule has 1 N–H and O–H groups in total. The summed E-state index contributed by atoms with van der Waals surface area (Å²) >= 11 is 1.41.